The number of nitrogens with one attached hydrogen (secondary N) is 2. The van der Waals surface area contributed by atoms with E-state index in [2.05, 4.69) is 10.6 Å². The van der Waals surface area contributed by atoms with Crippen LogP contribution in [-0.4, -0.2) is 22.6 Å². The summed E-state index contributed by atoms with van der Waals surface area (Å²) in [6, 6.07) is 2.77. The van der Waals surface area contributed by atoms with Crippen molar-refractivity contribution in [1.82, 2.24) is 5.32 Å². The number of urea groups is 1. The predicted molar refractivity (Wildman–Crippen MR) is 74.5 cm³/mol. The van der Waals surface area contributed by atoms with Crippen LogP contribution in [0.3, 0.4) is 0 Å². The van der Waals surface area contributed by atoms with Crippen LogP contribution in [0.5, 0.6) is 0 Å². The number of carbonyl (C=O) groups excluding carboxylic acids is 1. The van der Waals surface area contributed by atoms with E-state index in [4.69, 9.17) is 11.6 Å². The summed E-state index contributed by atoms with van der Waals surface area (Å²) in [5.41, 5.74) is -1.28. The molecule has 1 rings (SSSR count). The smallest absolute Gasteiger partial charge is 0.329 e. The SMILES string of the molecule is CCC(CC)(NC(=O)Nc1cc(F)ccc1Cl)C(=O)O. The van der Waals surface area contributed by atoms with Crippen molar-refractivity contribution in [3.63, 3.8) is 0 Å². The third-order valence-corrected chi connectivity index (χ3v) is 3.48. The van der Waals surface area contributed by atoms with E-state index in [-0.39, 0.29) is 23.6 Å². The first-order valence-corrected chi connectivity index (χ1v) is 6.50. The normalized spacial score (nSPS) is 11.0. The van der Waals surface area contributed by atoms with Gasteiger partial charge in [0.05, 0.1) is 10.7 Å². The van der Waals surface area contributed by atoms with Crippen LogP contribution in [0, 0.1) is 5.82 Å². The van der Waals surface area contributed by atoms with Crippen LogP contribution in [0.2, 0.25) is 5.02 Å². The molecule has 5 nitrogen and oxygen atoms in total. The first-order valence-electron chi connectivity index (χ1n) is 6.12. The quantitative estimate of drug-likeness (QED) is 0.781. The van der Waals surface area contributed by atoms with Crippen LogP contribution in [0.25, 0.3) is 0 Å². The van der Waals surface area contributed by atoms with E-state index in [1.54, 1.807) is 13.8 Å². The van der Waals surface area contributed by atoms with Gasteiger partial charge in [-0.1, -0.05) is 25.4 Å². The average Bonchev–Trinajstić information content (AvgIpc) is 2.40. The van der Waals surface area contributed by atoms with Gasteiger partial charge in [0.2, 0.25) is 0 Å². The molecule has 0 aromatic heterocycles. The lowest BCUT2D eigenvalue weighted by Gasteiger charge is -2.28. The Kier molecular flexibility index (Phi) is 5.33. The fraction of sp³-hybridized carbons (Fsp3) is 0.385. The Morgan fingerprint density at radius 1 is 1.35 bits per heavy atom. The van der Waals surface area contributed by atoms with E-state index in [1.165, 1.54) is 6.07 Å². The minimum absolute atomic E-state index is 0.0793. The number of carboxylic acid groups (broad SMARTS) is 1. The van der Waals surface area contributed by atoms with Gasteiger partial charge in [-0.05, 0) is 31.0 Å². The minimum Gasteiger partial charge on any atom is -0.480 e. The Morgan fingerprint density at radius 3 is 2.45 bits per heavy atom. The summed E-state index contributed by atoms with van der Waals surface area (Å²) in [4.78, 5) is 23.1. The molecule has 0 saturated heterocycles. The summed E-state index contributed by atoms with van der Waals surface area (Å²) in [6.45, 7) is 3.32. The summed E-state index contributed by atoms with van der Waals surface area (Å²) in [5, 5.41) is 14.1. The van der Waals surface area contributed by atoms with Gasteiger partial charge in [0, 0.05) is 0 Å². The number of amides is 2. The fourth-order valence-electron chi connectivity index (χ4n) is 1.75. The molecule has 0 unspecified atom stereocenters. The molecule has 0 aliphatic carbocycles. The van der Waals surface area contributed by atoms with Crippen molar-refractivity contribution in [2.45, 2.75) is 32.2 Å². The molecule has 20 heavy (non-hydrogen) atoms. The topological polar surface area (TPSA) is 78.4 Å². The van der Waals surface area contributed by atoms with E-state index in [0.29, 0.717) is 0 Å². The molecule has 110 valence electrons. The molecule has 7 heteroatoms. The van der Waals surface area contributed by atoms with Gasteiger partial charge < -0.3 is 15.7 Å². The van der Waals surface area contributed by atoms with Crippen molar-refractivity contribution >= 4 is 29.3 Å². The second-order valence-electron chi connectivity index (χ2n) is 4.30. The Bertz CT molecular complexity index is 518. The molecule has 0 saturated carbocycles. The molecule has 0 aliphatic rings. The van der Waals surface area contributed by atoms with Gasteiger partial charge >= 0.3 is 12.0 Å². The molecule has 0 bridgehead atoms. The molecule has 0 spiro atoms. The fourth-order valence-corrected chi connectivity index (χ4v) is 1.91. The maximum atomic E-state index is 13.1. The number of hydrogen-bond donors (Lipinski definition) is 3. The van der Waals surface area contributed by atoms with Crippen molar-refractivity contribution in [2.24, 2.45) is 0 Å². The summed E-state index contributed by atoms with van der Waals surface area (Å²) < 4.78 is 13.1. The Morgan fingerprint density at radius 2 is 1.95 bits per heavy atom. The van der Waals surface area contributed by atoms with Crippen molar-refractivity contribution in [1.29, 1.82) is 0 Å². The number of carboxylic acids is 1. The third-order valence-electron chi connectivity index (χ3n) is 3.15. The summed E-state index contributed by atoms with van der Waals surface area (Å²) in [5.74, 6) is -1.68. The number of halogens is 2. The summed E-state index contributed by atoms with van der Waals surface area (Å²) in [6.07, 6.45) is 0.451. The molecule has 0 heterocycles. The lowest BCUT2D eigenvalue weighted by molar-refractivity contribution is -0.144. The lowest BCUT2D eigenvalue weighted by atomic mass is 9.93. The molecule has 0 radical (unpaired) electrons. The molecule has 1 aromatic rings. The molecule has 1 aromatic carbocycles. The van der Waals surface area contributed by atoms with Gasteiger partial charge in [-0.2, -0.15) is 0 Å². The van der Waals surface area contributed by atoms with Gasteiger partial charge in [0.1, 0.15) is 11.4 Å². The Balaban J connectivity index is 2.86. The molecule has 0 atom stereocenters. The highest BCUT2D eigenvalue weighted by Gasteiger charge is 2.36. The van der Waals surface area contributed by atoms with Crippen LogP contribution < -0.4 is 10.6 Å². The number of carbonyl (C=O) groups is 2. The minimum atomic E-state index is -1.36. The molecule has 0 aliphatic heterocycles. The summed E-state index contributed by atoms with van der Waals surface area (Å²) in [7, 11) is 0. The first kappa shape index (κ1) is 16.2. The zero-order chi connectivity index (χ0) is 15.3. The molecule has 3 N–H and O–H groups in total. The maximum Gasteiger partial charge on any atom is 0.329 e. The van der Waals surface area contributed by atoms with Gasteiger partial charge in [0.25, 0.3) is 0 Å². The predicted octanol–water partition coefficient (Wildman–Crippen LogP) is 3.24. The van der Waals surface area contributed by atoms with Gasteiger partial charge in [-0.25, -0.2) is 14.0 Å². The van der Waals surface area contributed by atoms with Crippen molar-refractivity contribution in [3.8, 4) is 0 Å². The van der Waals surface area contributed by atoms with Gasteiger partial charge in [-0.15, -0.1) is 0 Å². The van der Waals surface area contributed by atoms with Crippen LogP contribution in [0.1, 0.15) is 26.7 Å². The first-order chi connectivity index (χ1) is 9.34. The van der Waals surface area contributed by atoms with E-state index in [9.17, 15) is 19.1 Å². The zero-order valence-electron chi connectivity index (χ0n) is 11.2. The van der Waals surface area contributed by atoms with Crippen LogP contribution >= 0.6 is 11.6 Å². The zero-order valence-corrected chi connectivity index (χ0v) is 11.9. The Labute approximate surface area is 121 Å². The number of aliphatic carboxylic acids is 1. The standard InChI is InChI=1S/C13H16ClFN2O3/c1-3-13(4-2,11(18)19)17-12(20)16-10-7-8(15)5-6-9(10)14/h5-7H,3-4H2,1-2H3,(H,18,19)(H2,16,17,20). The highest BCUT2D eigenvalue weighted by Crippen LogP contribution is 2.23. The molecule has 0 fully saturated rings. The average molecular weight is 303 g/mol. The van der Waals surface area contributed by atoms with E-state index in [1.807, 2.05) is 0 Å². The summed E-state index contributed by atoms with van der Waals surface area (Å²) >= 11 is 5.82. The largest absolute Gasteiger partial charge is 0.480 e. The number of benzene rings is 1. The molecular formula is C13H16ClFN2O3. The molecule has 2 amide bonds. The highest BCUT2D eigenvalue weighted by atomic mass is 35.5. The second kappa shape index (κ2) is 6.56. The molecular weight excluding hydrogens is 287 g/mol. The van der Waals surface area contributed by atoms with Gasteiger partial charge in [-0.3, -0.25) is 0 Å². The maximum absolute atomic E-state index is 13.1. The van der Waals surface area contributed by atoms with E-state index in [0.717, 1.165) is 12.1 Å². The Hall–Kier alpha value is -1.82. The van der Waals surface area contributed by atoms with Crippen molar-refractivity contribution < 1.29 is 19.1 Å². The van der Waals surface area contributed by atoms with Crippen LogP contribution in [0.4, 0.5) is 14.9 Å². The number of hydrogen-bond acceptors (Lipinski definition) is 2. The number of rotatable bonds is 5. The van der Waals surface area contributed by atoms with Crippen LogP contribution in [-0.2, 0) is 4.79 Å². The monoisotopic (exact) mass is 302 g/mol. The lowest BCUT2D eigenvalue weighted by Crippen LogP contribution is -2.55. The van der Waals surface area contributed by atoms with Crippen LogP contribution in [0.15, 0.2) is 18.2 Å². The van der Waals surface area contributed by atoms with Crippen molar-refractivity contribution in [3.05, 3.63) is 29.0 Å². The van der Waals surface area contributed by atoms with Gasteiger partial charge in [0.15, 0.2) is 0 Å². The highest BCUT2D eigenvalue weighted by molar-refractivity contribution is 6.33. The van der Waals surface area contributed by atoms with E-state index >= 15 is 0 Å². The second-order valence-corrected chi connectivity index (χ2v) is 4.70. The van der Waals surface area contributed by atoms with E-state index < -0.39 is 23.4 Å². The number of anilines is 1. The third kappa shape index (κ3) is 3.60. The van der Waals surface area contributed by atoms with Crippen molar-refractivity contribution in [2.75, 3.05) is 5.32 Å².